The van der Waals surface area contributed by atoms with Crippen molar-refractivity contribution in [2.75, 3.05) is 6.54 Å². The van der Waals surface area contributed by atoms with Gasteiger partial charge in [-0.3, -0.25) is 0 Å². The molecule has 0 aromatic rings. The Morgan fingerprint density at radius 1 is 1.57 bits per heavy atom. The summed E-state index contributed by atoms with van der Waals surface area (Å²) in [5.74, 6) is -0.0893. The summed E-state index contributed by atoms with van der Waals surface area (Å²) in [6.07, 6.45) is 8.18. The molecule has 1 aliphatic rings. The predicted octanol–water partition coefficient (Wildman–Crippen LogP) is 1.80. The van der Waals surface area contributed by atoms with Gasteiger partial charge in [0.05, 0.1) is 0 Å². The molecule has 0 amide bonds. The van der Waals surface area contributed by atoms with E-state index in [0.717, 1.165) is 5.92 Å². The molecule has 0 saturated heterocycles. The van der Waals surface area contributed by atoms with Gasteiger partial charge in [0.2, 0.25) is 0 Å². The normalized spacial score (nSPS) is 20.4. The van der Waals surface area contributed by atoms with Gasteiger partial charge in [-0.05, 0) is 25.7 Å². The quantitative estimate of drug-likeness (QED) is 0.661. The number of hydrogen-bond acceptors (Lipinski definition) is 2. The van der Waals surface area contributed by atoms with Gasteiger partial charge in [0.1, 0.15) is 0 Å². The maximum absolute atomic E-state index is 10.2. The molecule has 0 aromatic heterocycles. The lowest BCUT2D eigenvalue weighted by Crippen LogP contribution is -2.32. The van der Waals surface area contributed by atoms with Crippen LogP contribution in [-0.2, 0) is 4.79 Å². The lowest BCUT2D eigenvalue weighted by Gasteiger charge is -2.19. The van der Waals surface area contributed by atoms with Crippen molar-refractivity contribution in [1.82, 2.24) is 5.32 Å². The fourth-order valence-corrected chi connectivity index (χ4v) is 2.04. The van der Waals surface area contributed by atoms with Gasteiger partial charge in [-0.15, -0.1) is 0 Å². The monoisotopic (exact) mass is 197 g/mol. The topological polar surface area (TPSA) is 49.3 Å². The van der Waals surface area contributed by atoms with E-state index in [-0.39, 0.29) is 0 Å². The first kappa shape index (κ1) is 11.2. The number of nitrogens with one attached hydrogen (secondary N) is 1. The molecule has 1 rings (SSSR count). The van der Waals surface area contributed by atoms with Gasteiger partial charge in [0.15, 0.2) is 0 Å². The second-order valence-corrected chi connectivity index (χ2v) is 3.98. The molecule has 0 radical (unpaired) electrons. The Balaban J connectivity index is 2.14. The van der Waals surface area contributed by atoms with E-state index in [1.54, 1.807) is 6.08 Å². The second kappa shape index (κ2) is 5.81. The minimum absolute atomic E-state index is 0.510. The summed E-state index contributed by atoms with van der Waals surface area (Å²) >= 11 is 0. The third kappa shape index (κ3) is 3.92. The summed E-state index contributed by atoms with van der Waals surface area (Å²) in [5.41, 5.74) is 0. The van der Waals surface area contributed by atoms with Crippen molar-refractivity contribution in [3.05, 3.63) is 12.2 Å². The fraction of sp³-hybridized carbons (Fsp3) is 0.727. The van der Waals surface area contributed by atoms with Crippen LogP contribution in [0.15, 0.2) is 12.2 Å². The zero-order valence-electron chi connectivity index (χ0n) is 8.70. The first-order valence-corrected chi connectivity index (χ1v) is 5.33. The lowest BCUT2D eigenvalue weighted by molar-refractivity contribution is -0.131. The molecular formula is C11H19NO2. The molecule has 0 heterocycles. The number of carboxylic acid groups (broad SMARTS) is 1. The maximum atomic E-state index is 10.2. The maximum Gasteiger partial charge on any atom is 0.328 e. The van der Waals surface area contributed by atoms with E-state index < -0.39 is 5.97 Å². The number of carbonyl (C=O) groups is 1. The molecule has 0 aromatic carbocycles. The third-order valence-electron chi connectivity index (χ3n) is 2.93. The van der Waals surface area contributed by atoms with Gasteiger partial charge in [-0.2, -0.15) is 0 Å². The highest BCUT2D eigenvalue weighted by atomic mass is 16.4. The Morgan fingerprint density at radius 3 is 2.79 bits per heavy atom. The highest BCUT2D eigenvalue weighted by molar-refractivity contribution is 5.79. The van der Waals surface area contributed by atoms with Crippen molar-refractivity contribution in [2.45, 2.75) is 38.6 Å². The van der Waals surface area contributed by atoms with Crippen LogP contribution in [0.5, 0.6) is 0 Å². The van der Waals surface area contributed by atoms with E-state index in [1.807, 2.05) is 0 Å². The van der Waals surface area contributed by atoms with E-state index in [0.29, 0.717) is 12.6 Å². The molecule has 80 valence electrons. The molecule has 0 bridgehead atoms. The number of aliphatic carboxylic acids is 1. The highest BCUT2D eigenvalue weighted by Crippen LogP contribution is 2.27. The molecule has 1 aliphatic carbocycles. The standard InChI is InChI=1S/C11H19NO2/c1-9(10-5-2-3-6-10)12-8-4-7-11(13)14/h4,7,9-10,12H,2-3,5-6,8H2,1H3,(H,13,14)/b7-4+/t9-/m0/s1. The summed E-state index contributed by atoms with van der Waals surface area (Å²) < 4.78 is 0. The Kier molecular flexibility index (Phi) is 4.66. The van der Waals surface area contributed by atoms with E-state index in [1.165, 1.54) is 31.8 Å². The Bertz CT molecular complexity index is 207. The van der Waals surface area contributed by atoms with Gasteiger partial charge < -0.3 is 10.4 Å². The van der Waals surface area contributed by atoms with Crippen molar-refractivity contribution in [3.8, 4) is 0 Å². The van der Waals surface area contributed by atoms with E-state index in [9.17, 15) is 4.79 Å². The largest absolute Gasteiger partial charge is 0.478 e. The molecule has 1 fully saturated rings. The molecule has 3 heteroatoms. The highest BCUT2D eigenvalue weighted by Gasteiger charge is 2.20. The van der Waals surface area contributed by atoms with Crippen LogP contribution in [0.3, 0.4) is 0 Å². The molecule has 14 heavy (non-hydrogen) atoms. The molecule has 2 N–H and O–H groups in total. The molecule has 0 aliphatic heterocycles. The first-order valence-electron chi connectivity index (χ1n) is 5.33. The van der Waals surface area contributed by atoms with Crippen LogP contribution in [-0.4, -0.2) is 23.7 Å². The number of carboxylic acids is 1. The Hall–Kier alpha value is -0.830. The predicted molar refractivity (Wildman–Crippen MR) is 56.2 cm³/mol. The summed E-state index contributed by atoms with van der Waals surface area (Å²) in [6, 6.07) is 0.510. The van der Waals surface area contributed by atoms with Crippen molar-refractivity contribution >= 4 is 5.97 Å². The van der Waals surface area contributed by atoms with E-state index in [4.69, 9.17) is 5.11 Å². The Morgan fingerprint density at radius 2 is 2.21 bits per heavy atom. The smallest absolute Gasteiger partial charge is 0.328 e. The third-order valence-corrected chi connectivity index (χ3v) is 2.93. The minimum atomic E-state index is -0.875. The summed E-state index contributed by atoms with van der Waals surface area (Å²) in [4.78, 5) is 10.2. The van der Waals surface area contributed by atoms with Crippen LogP contribution in [0.1, 0.15) is 32.6 Å². The summed E-state index contributed by atoms with van der Waals surface area (Å²) in [6.45, 7) is 2.84. The van der Waals surface area contributed by atoms with Gasteiger partial charge in [-0.25, -0.2) is 4.79 Å². The zero-order chi connectivity index (χ0) is 10.4. The average Bonchev–Trinajstić information content (AvgIpc) is 2.64. The summed E-state index contributed by atoms with van der Waals surface area (Å²) in [5, 5.41) is 11.7. The van der Waals surface area contributed by atoms with Gasteiger partial charge in [0.25, 0.3) is 0 Å². The summed E-state index contributed by atoms with van der Waals surface area (Å²) in [7, 11) is 0. The van der Waals surface area contributed by atoms with E-state index in [2.05, 4.69) is 12.2 Å². The first-order chi connectivity index (χ1) is 6.70. The molecule has 1 saturated carbocycles. The average molecular weight is 197 g/mol. The van der Waals surface area contributed by atoms with Crippen LogP contribution in [0.4, 0.5) is 0 Å². The molecule has 0 unspecified atom stereocenters. The van der Waals surface area contributed by atoms with Crippen LogP contribution >= 0.6 is 0 Å². The number of hydrogen-bond donors (Lipinski definition) is 2. The van der Waals surface area contributed by atoms with Crippen molar-refractivity contribution in [3.63, 3.8) is 0 Å². The zero-order valence-corrected chi connectivity index (χ0v) is 8.70. The van der Waals surface area contributed by atoms with Crippen LogP contribution in [0.25, 0.3) is 0 Å². The molecule has 0 spiro atoms. The van der Waals surface area contributed by atoms with Gasteiger partial charge in [-0.1, -0.05) is 18.9 Å². The van der Waals surface area contributed by atoms with Crippen LogP contribution in [0.2, 0.25) is 0 Å². The Labute approximate surface area is 85.2 Å². The van der Waals surface area contributed by atoms with Crippen molar-refractivity contribution in [2.24, 2.45) is 5.92 Å². The van der Waals surface area contributed by atoms with Crippen LogP contribution < -0.4 is 5.32 Å². The molecule has 1 atom stereocenters. The van der Waals surface area contributed by atoms with Crippen LogP contribution in [0, 0.1) is 5.92 Å². The number of rotatable bonds is 5. The SMILES string of the molecule is C[C@H](NC/C=C/C(=O)O)C1CCCC1. The fourth-order valence-electron chi connectivity index (χ4n) is 2.04. The van der Waals surface area contributed by atoms with Crippen molar-refractivity contribution < 1.29 is 9.90 Å². The second-order valence-electron chi connectivity index (χ2n) is 3.98. The van der Waals surface area contributed by atoms with Gasteiger partial charge in [0, 0.05) is 18.7 Å². The molecular weight excluding hydrogens is 178 g/mol. The van der Waals surface area contributed by atoms with Crippen molar-refractivity contribution in [1.29, 1.82) is 0 Å². The van der Waals surface area contributed by atoms with Gasteiger partial charge >= 0.3 is 5.97 Å². The minimum Gasteiger partial charge on any atom is -0.478 e. The molecule has 3 nitrogen and oxygen atoms in total. The van der Waals surface area contributed by atoms with E-state index >= 15 is 0 Å². The lowest BCUT2D eigenvalue weighted by atomic mass is 10.00.